The van der Waals surface area contributed by atoms with Crippen LogP contribution in [0.1, 0.15) is 19.3 Å². The first-order valence-corrected chi connectivity index (χ1v) is 14.0. The Kier molecular flexibility index (Phi) is 5.73. The molecular weight excluding hydrogens is 464 g/mol. The molecule has 2 aromatic carbocycles. The van der Waals surface area contributed by atoms with Crippen molar-refractivity contribution in [3.8, 4) is 0 Å². The number of rotatable bonds is 8. The molecule has 3 aromatic rings. The van der Waals surface area contributed by atoms with Crippen LogP contribution in [-0.2, 0) is 20.0 Å². The first-order chi connectivity index (χ1) is 14.1. The molecule has 10 heteroatoms. The number of fused-ring (bicyclic) bond motifs is 1. The minimum Gasteiger partial charge on any atom is -0.284 e. The first-order valence-electron chi connectivity index (χ1n) is 9.43. The lowest BCUT2D eigenvalue weighted by atomic mass is 10.2. The quantitative estimate of drug-likeness (QED) is 0.491. The standard InChI is InChI=1S/C20H21ClN2O4S3/c1-29(24,25)22-15-8-10-16(11-9-15)30(26,27)23(13-12-14-6-7-14)20-19(21)17-4-2-3-5-18(17)28-20/h2-5,8-11,14,22H,6-7,12-13H2,1H3. The van der Waals surface area contributed by atoms with E-state index >= 15 is 0 Å². The van der Waals surface area contributed by atoms with E-state index in [-0.39, 0.29) is 4.90 Å². The third-order valence-corrected chi connectivity index (χ3v) is 9.15. The third-order valence-electron chi connectivity index (χ3n) is 4.93. The number of thiophene rings is 1. The van der Waals surface area contributed by atoms with Gasteiger partial charge in [0.2, 0.25) is 10.0 Å². The van der Waals surface area contributed by atoms with E-state index < -0.39 is 20.0 Å². The summed E-state index contributed by atoms with van der Waals surface area (Å²) in [6.45, 7) is 0.350. The average Bonchev–Trinajstić information content (AvgIpc) is 3.45. The molecule has 0 atom stereocenters. The molecule has 0 saturated heterocycles. The Bertz CT molecular complexity index is 1280. The zero-order valence-electron chi connectivity index (χ0n) is 16.2. The number of benzene rings is 2. The molecule has 4 rings (SSSR count). The highest BCUT2D eigenvalue weighted by Crippen LogP contribution is 2.44. The van der Waals surface area contributed by atoms with Crippen LogP contribution < -0.4 is 9.03 Å². The number of nitrogens with one attached hydrogen (secondary N) is 1. The first kappa shape index (κ1) is 21.4. The molecular formula is C20H21ClN2O4S3. The summed E-state index contributed by atoms with van der Waals surface area (Å²) in [5, 5.41) is 1.78. The summed E-state index contributed by atoms with van der Waals surface area (Å²) in [5.74, 6) is 0.553. The van der Waals surface area contributed by atoms with Crippen LogP contribution in [0.15, 0.2) is 53.4 Å². The minimum atomic E-state index is -3.87. The maximum atomic E-state index is 13.5. The van der Waals surface area contributed by atoms with Gasteiger partial charge in [0.25, 0.3) is 10.0 Å². The number of anilines is 2. The Balaban J connectivity index is 1.72. The van der Waals surface area contributed by atoms with E-state index in [0.717, 1.165) is 35.6 Å². The largest absolute Gasteiger partial charge is 0.284 e. The predicted molar refractivity (Wildman–Crippen MR) is 124 cm³/mol. The summed E-state index contributed by atoms with van der Waals surface area (Å²) in [6.07, 6.45) is 4.07. The molecule has 1 aromatic heterocycles. The van der Waals surface area contributed by atoms with E-state index in [1.807, 2.05) is 24.3 Å². The fraction of sp³-hybridized carbons (Fsp3) is 0.300. The number of hydrogen-bond donors (Lipinski definition) is 1. The predicted octanol–water partition coefficient (Wildman–Crippen LogP) is 4.92. The fourth-order valence-electron chi connectivity index (χ4n) is 3.24. The van der Waals surface area contributed by atoms with Crippen molar-refractivity contribution in [2.75, 3.05) is 21.8 Å². The fourth-order valence-corrected chi connectivity index (χ4v) is 7.11. The molecule has 1 N–H and O–H groups in total. The highest BCUT2D eigenvalue weighted by Gasteiger charge is 2.31. The van der Waals surface area contributed by atoms with Crippen molar-refractivity contribution in [2.45, 2.75) is 24.2 Å². The Labute approximate surface area is 185 Å². The van der Waals surface area contributed by atoms with Gasteiger partial charge in [0.1, 0.15) is 5.00 Å². The second-order valence-corrected chi connectivity index (χ2v) is 12.4. The minimum absolute atomic E-state index is 0.0888. The lowest BCUT2D eigenvalue weighted by Gasteiger charge is -2.23. The van der Waals surface area contributed by atoms with Crippen LogP contribution in [0.3, 0.4) is 0 Å². The molecule has 0 bridgehead atoms. The monoisotopic (exact) mass is 484 g/mol. The van der Waals surface area contributed by atoms with Crippen molar-refractivity contribution in [1.82, 2.24) is 0 Å². The topological polar surface area (TPSA) is 83.5 Å². The molecule has 160 valence electrons. The highest BCUT2D eigenvalue weighted by atomic mass is 35.5. The number of hydrogen-bond acceptors (Lipinski definition) is 5. The SMILES string of the molecule is CS(=O)(=O)Nc1ccc(S(=O)(=O)N(CCC2CC2)c2sc3ccccc3c2Cl)cc1. The highest BCUT2D eigenvalue weighted by molar-refractivity contribution is 7.93. The van der Waals surface area contributed by atoms with Gasteiger partial charge in [-0.3, -0.25) is 9.03 Å². The van der Waals surface area contributed by atoms with Crippen molar-refractivity contribution in [3.63, 3.8) is 0 Å². The Morgan fingerprint density at radius 2 is 1.73 bits per heavy atom. The summed E-state index contributed by atoms with van der Waals surface area (Å²) in [4.78, 5) is 0.0888. The van der Waals surface area contributed by atoms with Crippen LogP contribution in [0.25, 0.3) is 10.1 Å². The molecule has 0 spiro atoms. The molecule has 0 unspecified atom stereocenters. The molecule has 30 heavy (non-hydrogen) atoms. The molecule has 1 aliphatic rings. The summed E-state index contributed by atoms with van der Waals surface area (Å²) in [5.41, 5.74) is 0.306. The van der Waals surface area contributed by atoms with Crippen LogP contribution in [0.5, 0.6) is 0 Å². The Morgan fingerprint density at radius 1 is 1.07 bits per heavy atom. The molecule has 0 amide bonds. The second kappa shape index (κ2) is 8.03. The average molecular weight is 485 g/mol. The van der Waals surface area contributed by atoms with Crippen molar-refractivity contribution in [3.05, 3.63) is 53.6 Å². The normalized spacial score (nSPS) is 14.7. The number of nitrogens with zero attached hydrogens (tertiary/aromatic N) is 1. The van der Waals surface area contributed by atoms with Gasteiger partial charge in [-0.05, 0) is 42.7 Å². The molecule has 1 fully saturated rings. The van der Waals surface area contributed by atoms with Crippen LogP contribution in [0.4, 0.5) is 10.7 Å². The summed E-state index contributed by atoms with van der Waals surface area (Å²) in [7, 11) is -7.31. The van der Waals surface area contributed by atoms with E-state index in [0.29, 0.717) is 28.2 Å². The van der Waals surface area contributed by atoms with Crippen LogP contribution >= 0.6 is 22.9 Å². The maximum absolute atomic E-state index is 13.5. The van der Waals surface area contributed by atoms with E-state index in [1.165, 1.54) is 39.9 Å². The van der Waals surface area contributed by atoms with Gasteiger partial charge in [0, 0.05) is 22.3 Å². The molecule has 1 aliphatic carbocycles. The van der Waals surface area contributed by atoms with Gasteiger partial charge in [0.15, 0.2) is 0 Å². The van der Waals surface area contributed by atoms with Crippen molar-refractivity contribution < 1.29 is 16.8 Å². The number of sulfonamides is 2. The third kappa shape index (κ3) is 4.59. The van der Waals surface area contributed by atoms with Crippen LogP contribution in [0, 0.1) is 5.92 Å². The molecule has 0 radical (unpaired) electrons. The van der Waals surface area contributed by atoms with Gasteiger partial charge in [-0.2, -0.15) is 0 Å². The van der Waals surface area contributed by atoms with E-state index in [2.05, 4.69) is 4.72 Å². The molecule has 1 heterocycles. The number of halogens is 1. The van der Waals surface area contributed by atoms with E-state index in [1.54, 1.807) is 0 Å². The molecule has 0 aliphatic heterocycles. The molecule has 6 nitrogen and oxygen atoms in total. The van der Waals surface area contributed by atoms with Crippen LogP contribution in [0.2, 0.25) is 5.02 Å². The summed E-state index contributed by atoms with van der Waals surface area (Å²) >= 11 is 7.96. The van der Waals surface area contributed by atoms with E-state index in [9.17, 15) is 16.8 Å². The van der Waals surface area contributed by atoms with Gasteiger partial charge in [-0.25, -0.2) is 16.8 Å². The maximum Gasteiger partial charge on any atom is 0.264 e. The van der Waals surface area contributed by atoms with Gasteiger partial charge in [-0.1, -0.05) is 42.6 Å². The summed E-state index contributed by atoms with van der Waals surface area (Å²) < 4.78 is 54.5. The Hall–Kier alpha value is -1.81. The Morgan fingerprint density at radius 3 is 2.33 bits per heavy atom. The zero-order valence-corrected chi connectivity index (χ0v) is 19.4. The summed E-state index contributed by atoms with van der Waals surface area (Å²) in [6, 6.07) is 13.3. The zero-order chi connectivity index (χ0) is 21.5. The molecule has 1 saturated carbocycles. The van der Waals surface area contributed by atoms with Crippen molar-refractivity contribution >= 4 is 63.8 Å². The van der Waals surface area contributed by atoms with Gasteiger partial charge in [0.05, 0.1) is 16.2 Å². The van der Waals surface area contributed by atoms with Crippen LogP contribution in [-0.4, -0.2) is 29.6 Å². The smallest absolute Gasteiger partial charge is 0.264 e. The van der Waals surface area contributed by atoms with Gasteiger partial charge < -0.3 is 0 Å². The lowest BCUT2D eigenvalue weighted by Crippen LogP contribution is -2.32. The van der Waals surface area contributed by atoms with E-state index in [4.69, 9.17) is 11.6 Å². The van der Waals surface area contributed by atoms with Gasteiger partial charge >= 0.3 is 0 Å². The second-order valence-electron chi connectivity index (χ2n) is 7.43. The lowest BCUT2D eigenvalue weighted by molar-refractivity contribution is 0.587. The van der Waals surface area contributed by atoms with Gasteiger partial charge in [-0.15, -0.1) is 11.3 Å². The van der Waals surface area contributed by atoms with Crippen molar-refractivity contribution in [2.24, 2.45) is 5.92 Å². The van der Waals surface area contributed by atoms with Crippen molar-refractivity contribution in [1.29, 1.82) is 0 Å².